The van der Waals surface area contributed by atoms with Crippen molar-refractivity contribution < 1.29 is 14.3 Å². The number of hydrogen-bond donors (Lipinski definition) is 1. The second kappa shape index (κ2) is 10.8. The van der Waals surface area contributed by atoms with E-state index in [9.17, 15) is 10.1 Å². The van der Waals surface area contributed by atoms with Gasteiger partial charge in [-0.1, -0.05) is 18.2 Å². The number of nitrogens with one attached hydrogen (secondary N) is 1. The number of aryl methyl sites for hydroxylation is 1. The third-order valence-electron chi connectivity index (χ3n) is 5.69. The molecule has 0 spiro atoms. The number of benzene rings is 2. The van der Waals surface area contributed by atoms with E-state index < -0.39 is 5.91 Å². The van der Waals surface area contributed by atoms with Crippen LogP contribution in [0.2, 0.25) is 0 Å². The predicted octanol–water partition coefficient (Wildman–Crippen LogP) is 4.45. The summed E-state index contributed by atoms with van der Waals surface area (Å²) in [6.45, 7) is 5.63. The molecule has 1 unspecified atom stereocenters. The number of nitriles is 1. The van der Waals surface area contributed by atoms with Crippen LogP contribution < -0.4 is 10.1 Å². The normalized spacial score (nSPS) is 15.7. The monoisotopic (exact) mass is 456 g/mol. The maximum atomic E-state index is 12.7. The van der Waals surface area contributed by atoms with Gasteiger partial charge in [-0.25, -0.2) is 4.68 Å². The summed E-state index contributed by atoms with van der Waals surface area (Å²) in [4.78, 5) is 12.7. The number of carbonyl (C=O) groups excluding carboxylic acids is 1. The van der Waals surface area contributed by atoms with Gasteiger partial charge in [0.2, 0.25) is 0 Å². The highest BCUT2D eigenvalue weighted by Crippen LogP contribution is 2.30. The lowest BCUT2D eigenvalue weighted by molar-refractivity contribution is -0.117. The van der Waals surface area contributed by atoms with Crippen molar-refractivity contribution in [3.63, 3.8) is 0 Å². The Morgan fingerprint density at radius 2 is 2.15 bits per heavy atom. The fraction of sp³-hybridized carbons (Fsp3) is 0.296. The lowest BCUT2D eigenvalue weighted by atomic mass is 10.0. The zero-order valence-electron chi connectivity index (χ0n) is 19.5. The van der Waals surface area contributed by atoms with Crippen LogP contribution in [-0.2, 0) is 9.53 Å². The Bertz CT molecular complexity index is 1220. The number of ether oxygens (including phenoxy) is 2. The Morgan fingerprint density at radius 3 is 2.82 bits per heavy atom. The minimum Gasteiger partial charge on any atom is -0.494 e. The van der Waals surface area contributed by atoms with Gasteiger partial charge in [-0.2, -0.15) is 10.4 Å². The summed E-state index contributed by atoms with van der Waals surface area (Å²) in [5, 5.41) is 17.3. The SMILES string of the molecule is CCOc1ccc(-c2nn(-c3ccccc3)cc2/C=C(\C#N)C(=O)NCC2CCCO2)cc1C. The van der Waals surface area contributed by atoms with Crippen LogP contribution in [0.4, 0.5) is 0 Å². The van der Waals surface area contributed by atoms with Crippen molar-refractivity contribution in [3.05, 3.63) is 71.4 Å². The van der Waals surface area contributed by atoms with Gasteiger partial charge in [-0.05, 0) is 68.7 Å². The van der Waals surface area contributed by atoms with Crippen molar-refractivity contribution in [1.82, 2.24) is 15.1 Å². The molecule has 174 valence electrons. The van der Waals surface area contributed by atoms with E-state index in [1.165, 1.54) is 0 Å². The molecule has 2 heterocycles. The topological polar surface area (TPSA) is 89.2 Å². The first-order valence-electron chi connectivity index (χ1n) is 11.5. The summed E-state index contributed by atoms with van der Waals surface area (Å²) in [6, 6.07) is 17.6. The Labute approximate surface area is 199 Å². The van der Waals surface area contributed by atoms with Gasteiger partial charge in [-0.15, -0.1) is 0 Å². The largest absolute Gasteiger partial charge is 0.494 e. The van der Waals surface area contributed by atoms with Crippen molar-refractivity contribution in [2.75, 3.05) is 19.8 Å². The lowest BCUT2D eigenvalue weighted by Crippen LogP contribution is -2.32. The second-order valence-electron chi connectivity index (χ2n) is 8.14. The van der Waals surface area contributed by atoms with Gasteiger partial charge in [-0.3, -0.25) is 4.79 Å². The number of para-hydroxylation sites is 1. The lowest BCUT2D eigenvalue weighted by Gasteiger charge is -2.10. The second-order valence-corrected chi connectivity index (χ2v) is 8.14. The number of nitrogens with zero attached hydrogens (tertiary/aromatic N) is 3. The fourth-order valence-corrected chi connectivity index (χ4v) is 3.96. The molecule has 1 aromatic heterocycles. The molecule has 1 atom stereocenters. The maximum Gasteiger partial charge on any atom is 0.262 e. The average Bonchev–Trinajstić information content (AvgIpc) is 3.53. The van der Waals surface area contributed by atoms with Crippen LogP contribution in [0.15, 0.2) is 60.3 Å². The van der Waals surface area contributed by atoms with Crippen LogP contribution in [0.1, 0.15) is 30.9 Å². The Morgan fingerprint density at radius 1 is 1.32 bits per heavy atom. The van der Waals surface area contributed by atoms with Crippen LogP contribution in [0.25, 0.3) is 23.0 Å². The maximum absolute atomic E-state index is 12.7. The van der Waals surface area contributed by atoms with E-state index in [1.807, 2.05) is 74.6 Å². The number of rotatable bonds is 8. The molecule has 7 heteroatoms. The molecule has 1 N–H and O–H groups in total. The van der Waals surface area contributed by atoms with Gasteiger partial charge in [0.15, 0.2) is 0 Å². The highest BCUT2D eigenvalue weighted by atomic mass is 16.5. The molecule has 0 saturated carbocycles. The highest BCUT2D eigenvalue weighted by Gasteiger charge is 2.19. The van der Waals surface area contributed by atoms with Gasteiger partial charge in [0, 0.05) is 30.5 Å². The van der Waals surface area contributed by atoms with Gasteiger partial charge in [0.1, 0.15) is 23.1 Å². The van der Waals surface area contributed by atoms with Crippen LogP contribution >= 0.6 is 0 Å². The van der Waals surface area contributed by atoms with Gasteiger partial charge in [0.05, 0.1) is 18.4 Å². The number of amides is 1. The quantitative estimate of drug-likeness (QED) is 0.400. The molecule has 4 rings (SSSR count). The van der Waals surface area contributed by atoms with E-state index in [0.717, 1.165) is 35.4 Å². The summed E-state index contributed by atoms with van der Waals surface area (Å²) in [7, 11) is 0. The van der Waals surface area contributed by atoms with Crippen molar-refractivity contribution in [2.45, 2.75) is 32.8 Å². The zero-order valence-corrected chi connectivity index (χ0v) is 19.5. The third-order valence-corrected chi connectivity index (χ3v) is 5.69. The molecule has 1 amide bonds. The van der Waals surface area contributed by atoms with Crippen LogP contribution in [-0.4, -0.2) is 41.6 Å². The van der Waals surface area contributed by atoms with Crippen molar-refractivity contribution >= 4 is 12.0 Å². The Kier molecular flexibility index (Phi) is 7.41. The molecule has 1 fully saturated rings. The molecule has 1 saturated heterocycles. The van der Waals surface area contributed by atoms with Gasteiger partial charge >= 0.3 is 0 Å². The zero-order chi connectivity index (χ0) is 23.9. The molecular weight excluding hydrogens is 428 g/mol. The summed E-state index contributed by atoms with van der Waals surface area (Å²) < 4.78 is 13.0. The summed E-state index contributed by atoms with van der Waals surface area (Å²) >= 11 is 0. The molecule has 34 heavy (non-hydrogen) atoms. The minimum absolute atomic E-state index is 0.00659. The van der Waals surface area contributed by atoms with E-state index in [2.05, 4.69) is 5.32 Å². The molecule has 1 aliphatic rings. The molecule has 0 bridgehead atoms. The number of aromatic nitrogens is 2. The molecule has 3 aromatic rings. The number of hydrogen-bond acceptors (Lipinski definition) is 5. The Hall–Kier alpha value is -3.89. The number of carbonyl (C=O) groups is 1. The molecule has 1 aliphatic heterocycles. The van der Waals surface area contributed by atoms with Crippen molar-refractivity contribution in [2.24, 2.45) is 0 Å². The first kappa shape index (κ1) is 23.3. The van der Waals surface area contributed by atoms with Crippen LogP contribution in [0.5, 0.6) is 5.75 Å². The molecular formula is C27H28N4O3. The van der Waals surface area contributed by atoms with Gasteiger partial charge in [0.25, 0.3) is 5.91 Å². The van der Waals surface area contributed by atoms with E-state index in [4.69, 9.17) is 14.6 Å². The van der Waals surface area contributed by atoms with Crippen molar-refractivity contribution in [3.8, 4) is 28.8 Å². The van der Waals surface area contributed by atoms with E-state index in [-0.39, 0.29) is 11.7 Å². The predicted molar refractivity (Wildman–Crippen MR) is 130 cm³/mol. The van der Waals surface area contributed by atoms with Crippen LogP contribution in [0.3, 0.4) is 0 Å². The van der Waals surface area contributed by atoms with Crippen LogP contribution in [0, 0.1) is 18.3 Å². The van der Waals surface area contributed by atoms with Crippen molar-refractivity contribution in [1.29, 1.82) is 5.26 Å². The fourth-order valence-electron chi connectivity index (χ4n) is 3.96. The molecule has 2 aromatic carbocycles. The smallest absolute Gasteiger partial charge is 0.262 e. The first-order valence-corrected chi connectivity index (χ1v) is 11.5. The van der Waals surface area contributed by atoms with E-state index in [0.29, 0.717) is 31.0 Å². The summed E-state index contributed by atoms with van der Waals surface area (Å²) in [6.07, 6.45) is 5.34. The third kappa shape index (κ3) is 5.36. The first-order chi connectivity index (χ1) is 16.6. The molecule has 0 aliphatic carbocycles. The average molecular weight is 457 g/mol. The molecule has 0 radical (unpaired) electrons. The standard InChI is InChI=1S/C27H28N4O3/c1-3-33-25-12-11-20(14-19(25)2)26-22(18-31(30-26)23-8-5-4-6-9-23)15-21(16-28)27(32)29-17-24-10-7-13-34-24/h4-6,8-9,11-12,14-15,18,24H,3,7,10,13,17H2,1-2H3,(H,29,32)/b21-15+. The van der Waals surface area contributed by atoms with E-state index >= 15 is 0 Å². The Balaban J connectivity index is 1.69. The van der Waals surface area contributed by atoms with E-state index in [1.54, 1.807) is 10.8 Å². The molecule has 7 nitrogen and oxygen atoms in total. The summed E-state index contributed by atoms with van der Waals surface area (Å²) in [5.41, 5.74) is 4.12. The highest BCUT2D eigenvalue weighted by molar-refractivity contribution is 6.02. The minimum atomic E-state index is -0.417. The van der Waals surface area contributed by atoms with Gasteiger partial charge < -0.3 is 14.8 Å². The summed E-state index contributed by atoms with van der Waals surface area (Å²) in [5.74, 6) is 0.399.